The second-order valence-corrected chi connectivity index (χ2v) is 3.55. The quantitative estimate of drug-likeness (QED) is 0.317. The predicted molar refractivity (Wildman–Crippen MR) is 57.2 cm³/mol. The zero-order valence-corrected chi connectivity index (χ0v) is 10.4. The van der Waals surface area contributed by atoms with Gasteiger partial charge in [-0.05, 0) is 12.2 Å². The monoisotopic (exact) mass is 288 g/mol. The zero-order chi connectivity index (χ0) is 14.6. The van der Waals surface area contributed by atoms with Crippen LogP contribution in [0, 0.1) is 11.3 Å². The molecule has 0 amide bonds. The maximum absolute atomic E-state index is 8.74. The first kappa shape index (κ1) is 19.5. The summed E-state index contributed by atoms with van der Waals surface area (Å²) in [5, 5.41) is 26.4. The Hall–Kier alpha value is -0.840. The molecule has 1 atom stereocenters. The van der Waals surface area contributed by atoms with Crippen molar-refractivity contribution in [2.24, 2.45) is 0 Å². The van der Waals surface area contributed by atoms with E-state index >= 15 is 0 Å². The summed E-state index contributed by atoms with van der Waals surface area (Å²) in [6.07, 6.45) is 0. The van der Waals surface area contributed by atoms with E-state index in [1.165, 1.54) is 0 Å². The highest BCUT2D eigenvalue weighted by Gasteiger charge is 2.14. The average molecular weight is 288 g/mol. The summed E-state index contributed by atoms with van der Waals surface area (Å²) in [6.45, 7) is 1.37. The fourth-order valence-corrected chi connectivity index (χ4v) is 0.570. The first-order valence-corrected chi connectivity index (χ1v) is 6.02. The molecule has 0 spiro atoms. The Bertz CT molecular complexity index is 311. The predicted octanol–water partition coefficient (Wildman–Crippen LogP) is -1.60. The van der Waals surface area contributed by atoms with Crippen molar-refractivity contribution in [1.29, 1.82) is 5.26 Å². The van der Waals surface area contributed by atoms with E-state index in [1.807, 2.05) is 6.07 Å². The van der Waals surface area contributed by atoms with Gasteiger partial charge in [0, 0.05) is 0 Å². The van der Waals surface area contributed by atoms with Crippen LogP contribution in [-0.2, 0) is 20.1 Å². The minimum absolute atomic E-state index is 0.0530. The lowest BCUT2D eigenvalue weighted by Crippen LogP contribution is -2.34. The van der Waals surface area contributed by atoms with E-state index in [4.69, 9.17) is 42.7 Å². The van der Waals surface area contributed by atoms with Gasteiger partial charge in [-0.3, -0.25) is 18.8 Å². The fraction of sp³-hybridized carbons (Fsp3) is 0.857. The number of aliphatic hydroxyl groups is 2. The summed E-state index contributed by atoms with van der Waals surface area (Å²) < 4.78 is 31.6. The van der Waals surface area contributed by atoms with E-state index in [2.05, 4.69) is 0 Å². The highest BCUT2D eigenvalue weighted by Crippen LogP contribution is 1.99. The molecule has 0 aliphatic carbocycles. The molecule has 0 aromatic heterocycles. The van der Waals surface area contributed by atoms with Gasteiger partial charge in [0.2, 0.25) is 0 Å². The van der Waals surface area contributed by atoms with E-state index in [9.17, 15) is 0 Å². The summed E-state index contributed by atoms with van der Waals surface area (Å²) in [4.78, 5) is 9.75. The van der Waals surface area contributed by atoms with Gasteiger partial charge in [0.25, 0.3) is 0 Å². The lowest BCUT2D eigenvalue weighted by Gasteiger charge is -2.21. The Balaban J connectivity index is 0. The Morgan fingerprint density at radius 3 is 1.78 bits per heavy atom. The minimum atomic E-state index is -4.67. The van der Waals surface area contributed by atoms with Crippen molar-refractivity contribution in [3.05, 3.63) is 0 Å². The van der Waals surface area contributed by atoms with Gasteiger partial charge < -0.3 is 10.2 Å². The largest absolute Gasteiger partial charge is 0.394 e. The molecule has 10 nitrogen and oxygen atoms in total. The van der Waals surface area contributed by atoms with E-state index in [0.717, 1.165) is 5.23 Å². The molecule has 18 heavy (non-hydrogen) atoms. The molecule has 0 aromatic rings. The minimum Gasteiger partial charge on any atom is -0.394 e. The molecule has 108 valence electrons. The first-order chi connectivity index (χ1) is 8.26. The number of nitrogens with zero attached hydrogens (tertiary/aromatic N) is 2. The molecule has 0 bridgehead atoms. The molecule has 0 saturated heterocycles. The maximum Gasteiger partial charge on any atom is 0.394 e. The van der Waals surface area contributed by atoms with Crippen LogP contribution in [0.25, 0.3) is 0 Å². The van der Waals surface area contributed by atoms with Crippen molar-refractivity contribution in [1.82, 2.24) is 5.23 Å². The fourth-order valence-electron chi connectivity index (χ4n) is 0.570. The standard InChI is InChI=1S/C7H14N2O4.H2O4S/c1-7(6-8)9(12-4-2-10)13-5-3-11;1-5(2,3)4/h7,10-11H,2-5H2,1H3;(H2,1,2,3,4). The average Bonchev–Trinajstić information content (AvgIpc) is 2.26. The van der Waals surface area contributed by atoms with Crippen LogP contribution in [0.1, 0.15) is 6.92 Å². The van der Waals surface area contributed by atoms with Crippen LogP contribution in [0.4, 0.5) is 0 Å². The molecule has 0 aromatic carbocycles. The molecule has 0 rings (SSSR count). The third kappa shape index (κ3) is 17.6. The van der Waals surface area contributed by atoms with Crippen LogP contribution in [-0.4, -0.2) is 65.4 Å². The number of hydroxylamine groups is 2. The Labute approximate surface area is 104 Å². The van der Waals surface area contributed by atoms with Crippen molar-refractivity contribution >= 4 is 10.4 Å². The summed E-state index contributed by atoms with van der Waals surface area (Å²) in [5.41, 5.74) is 0. The molecular formula is C7H16N2O8S. The van der Waals surface area contributed by atoms with Gasteiger partial charge in [-0.2, -0.15) is 13.7 Å². The summed E-state index contributed by atoms with van der Waals surface area (Å²) in [5.74, 6) is 0. The molecule has 4 N–H and O–H groups in total. The molecule has 0 radical (unpaired) electrons. The van der Waals surface area contributed by atoms with Gasteiger partial charge in [0.15, 0.2) is 0 Å². The molecule has 0 aliphatic heterocycles. The normalized spacial score (nSPS) is 12.5. The molecule has 1 unspecified atom stereocenters. The SMILES string of the molecule is CC(C#N)N(OCCO)OCCO.O=S(=O)(O)O. The maximum atomic E-state index is 8.74. The van der Waals surface area contributed by atoms with Gasteiger partial charge in [0.05, 0.1) is 32.5 Å². The number of hydrogen-bond donors (Lipinski definition) is 4. The smallest absolute Gasteiger partial charge is 0.394 e. The third-order valence-corrected chi connectivity index (χ3v) is 1.12. The van der Waals surface area contributed by atoms with Crippen LogP contribution >= 0.6 is 0 Å². The van der Waals surface area contributed by atoms with Crippen LogP contribution in [0.2, 0.25) is 0 Å². The molecule has 11 heteroatoms. The highest BCUT2D eigenvalue weighted by molar-refractivity contribution is 7.79. The van der Waals surface area contributed by atoms with Crippen molar-refractivity contribution in [2.75, 3.05) is 26.4 Å². The Morgan fingerprint density at radius 1 is 1.22 bits per heavy atom. The zero-order valence-electron chi connectivity index (χ0n) is 9.63. The molecule has 0 saturated carbocycles. The number of rotatable bonds is 7. The van der Waals surface area contributed by atoms with Gasteiger partial charge in [-0.1, -0.05) is 0 Å². The lowest BCUT2D eigenvalue weighted by molar-refractivity contribution is -0.381. The van der Waals surface area contributed by atoms with Crippen molar-refractivity contribution in [3.63, 3.8) is 0 Å². The lowest BCUT2D eigenvalue weighted by atomic mass is 10.4. The molecule has 0 fully saturated rings. The van der Waals surface area contributed by atoms with Crippen LogP contribution in [0.15, 0.2) is 0 Å². The number of hydrogen-bond acceptors (Lipinski definition) is 8. The van der Waals surface area contributed by atoms with Gasteiger partial charge >= 0.3 is 10.4 Å². The summed E-state index contributed by atoms with van der Waals surface area (Å²) >= 11 is 0. The summed E-state index contributed by atoms with van der Waals surface area (Å²) in [6, 6.07) is 1.31. The van der Waals surface area contributed by atoms with Crippen LogP contribution in [0.5, 0.6) is 0 Å². The Kier molecular flexibility index (Phi) is 12.2. The second-order valence-electron chi connectivity index (χ2n) is 2.65. The number of aliphatic hydroxyl groups excluding tert-OH is 2. The van der Waals surface area contributed by atoms with Crippen molar-refractivity contribution < 1.29 is 37.4 Å². The topological polar surface area (TPSA) is 161 Å². The van der Waals surface area contributed by atoms with Crippen LogP contribution in [0.3, 0.4) is 0 Å². The molecule has 0 aliphatic rings. The van der Waals surface area contributed by atoms with E-state index < -0.39 is 16.4 Å². The van der Waals surface area contributed by atoms with Gasteiger partial charge in [0.1, 0.15) is 6.04 Å². The van der Waals surface area contributed by atoms with E-state index in [-0.39, 0.29) is 26.4 Å². The third-order valence-electron chi connectivity index (χ3n) is 1.12. The number of nitriles is 1. The molecular weight excluding hydrogens is 272 g/mol. The first-order valence-electron chi connectivity index (χ1n) is 4.62. The second kappa shape index (κ2) is 11.3. The van der Waals surface area contributed by atoms with Crippen molar-refractivity contribution in [2.45, 2.75) is 13.0 Å². The van der Waals surface area contributed by atoms with E-state index in [0.29, 0.717) is 0 Å². The Morgan fingerprint density at radius 2 is 1.56 bits per heavy atom. The van der Waals surface area contributed by atoms with Gasteiger partial charge in [-0.25, -0.2) is 0 Å². The van der Waals surface area contributed by atoms with Crippen LogP contribution < -0.4 is 0 Å². The van der Waals surface area contributed by atoms with Gasteiger partial charge in [-0.15, -0.1) is 0 Å². The van der Waals surface area contributed by atoms with E-state index in [1.54, 1.807) is 6.92 Å². The van der Waals surface area contributed by atoms with Crippen molar-refractivity contribution in [3.8, 4) is 6.07 Å². The highest BCUT2D eigenvalue weighted by atomic mass is 32.3. The summed E-state index contributed by atoms with van der Waals surface area (Å²) in [7, 11) is -4.67. The molecule has 0 heterocycles.